The topological polar surface area (TPSA) is 37.3 Å². The van der Waals surface area contributed by atoms with Crippen molar-refractivity contribution in [2.45, 2.75) is 32.3 Å². The van der Waals surface area contributed by atoms with Gasteiger partial charge >= 0.3 is 0 Å². The minimum Gasteiger partial charge on any atom is -0.393 e. The van der Waals surface area contributed by atoms with Gasteiger partial charge < -0.3 is 5.11 Å². The molecule has 3 heteroatoms. The fourth-order valence-electron chi connectivity index (χ4n) is 1.50. The lowest BCUT2D eigenvalue weighted by Crippen LogP contribution is -2.11. The van der Waals surface area contributed by atoms with Crippen molar-refractivity contribution in [3.8, 4) is 0 Å². The number of allylic oxidation sites excluding steroid dienone is 1. The standard InChI is InChI=1S/C14H17FO2/c1-2-3-13(16)10-14(17)9-6-11-4-7-12(15)8-5-11/h4-9,13,16H,2-3,10H2,1H3/b9-6+. The van der Waals surface area contributed by atoms with E-state index >= 15 is 0 Å². The smallest absolute Gasteiger partial charge is 0.158 e. The van der Waals surface area contributed by atoms with Gasteiger partial charge in [0.2, 0.25) is 0 Å². The molecule has 0 radical (unpaired) electrons. The second-order valence-corrected chi connectivity index (χ2v) is 4.00. The Bertz CT molecular complexity index is 382. The Morgan fingerprint density at radius 2 is 2.06 bits per heavy atom. The average molecular weight is 236 g/mol. The lowest BCUT2D eigenvalue weighted by atomic mass is 10.1. The summed E-state index contributed by atoms with van der Waals surface area (Å²) in [5.74, 6) is -0.415. The third kappa shape index (κ3) is 5.41. The molecule has 0 aliphatic carbocycles. The van der Waals surface area contributed by atoms with Crippen LogP contribution < -0.4 is 0 Å². The minimum atomic E-state index is -0.564. The van der Waals surface area contributed by atoms with Crippen LogP contribution in [0.15, 0.2) is 30.3 Å². The largest absolute Gasteiger partial charge is 0.393 e. The summed E-state index contributed by atoms with van der Waals surface area (Å²) >= 11 is 0. The zero-order chi connectivity index (χ0) is 12.7. The molecule has 0 fully saturated rings. The summed E-state index contributed by atoms with van der Waals surface area (Å²) < 4.78 is 12.6. The normalized spacial score (nSPS) is 12.9. The van der Waals surface area contributed by atoms with Crippen molar-refractivity contribution in [3.63, 3.8) is 0 Å². The van der Waals surface area contributed by atoms with Gasteiger partial charge in [-0.25, -0.2) is 4.39 Å². The van der Waals surface area contributed by atoms with E-state index in [9.17, 15) is 14.3 Å². The molecule has 0 saturated carbocycles. The van der Waals surface area contributed by atoms with Crippen LogP contribution in [0.3, 0.4) is 0 Å². The van der Waals surface area contributed by atoms with Crippen LogP contribution in [0.4, 0.5) is 4.39 Å². The van der Waals surface area contributed by atoms with Crippen LogP contribution in [0.2, 0.25) is 0 Å². The second kappa shape index (κ2) is 6.97. The Kier molecular flexibility index (Phi) is 5.57. The Labute approximate surface area is 101 Å². The molecule has 1 N–H and O–H groups in total. The molecule has 0 saturated heterocycles. The molecule has 0 aromatic heterocycles. The van der Waals surface area contributed by atoms with Gasteiger partial charge in [0.1, 0.15) is 5.82 Å². The first-order valence-electron chi connectivity index (χ1n) is 5.76. The molecule has 17 heavy (non-hydrogen) atoms. The molecule has 92 valence electrons. The fourth-order valence-corrected chi connectivity index (χ4v) is 1.50. The highest BCUT2D eigenvalue weighted by Crippen LogP contribution is 2.07. The van der Waals surface area contributed by atoms with Gasteiger partial charge in [-0.1, -0.05) is 31.6 Å². The van der Waals surface area contributed by atoms with Gasteiger partial charge in [-0.2, -0.15) is 0 Å². The maximum Gasteiger partial charge on any atom is 0.158 e. The number of hydrogen-bond acceptors (Lipinski definition) is 2. The summed E-state index contributed by atoms with van der Waals surface area (Å²) in [6.45, 7) is 1.96. The van der Waals surface area contributed by atoms with Crippen molar-refractivity contribution in [2.75, 3.05) is 0 Å². The lowest BCUT2D eigenvalue weighted by Gasteiger charge is -2.05. The summed E-state index contributed by atoms with van der Waals surface area (Å²) in [7, 11) is 0. The molecule has 0 amide bonds. The number of benzene rings is 1. The van der Waals surface area contributed by atoms with E-state index in [-0.39, 0.29) is 18.0 Å². The third-order valence-corrected chi connectivity index (χ3v) is 2.39. The van der Waals surface area contributed by atoms with Crippen LogP contribution in [0, 0.1) is 5.82 Å². The molecule has 1 aromatic carbocycles. The van der Waals surface area contributed by atoms with Gasteiger partial charge in [-0.15, -0.1) is 0 Å². The highest BCUT2D eigenvalue weighted by Gasteiger charge is 2.06. The average Bonchev–Trinajstić information content (AvgIpc) is 2.28. The van der Waals surface area contributed by atoms with E-state index in [1.165, 1.54) is 18.2 Å². The predicted molar refractivity (Wildman–Crippen MR) is 66.0 cm³/mol. The van der Waals surface area contributed by atoms with Crippen LogP contribution in [-0.2, 0) is 4.79 Å². The molecule has 1 aromatic rings. The van der Waals surface area contributed by atoms with Crippen molar-refractivity contribution in [1.82, 2.24) is 0 Å². The zero-order valence-corrected chi connectivity index (χ0v) is 9.90. The van der Waals surface area contributed by atoms with Gasteiger partial charge in [0.05, 0.1) is 6.10 Å². The number of rotatable bonds is 6. The Balaban J connectivity index is 2.47. The first-order valence-corrected chi connectivity index (χ1v) is 5.76. The molecule has 1 atom stereocenters. The summed E-state index contributed by atoms with van der Waals surface area (Å²) in [6.07, 6.45) is 4.12. The zero-order valence-electron chi connectivity index (χ0n) is 9.90. The molecule has 1 rings (SSSR count). The maximum atomic E-state index is 12.6. The third-order valence-electron chi connectivity index (χ3n) is 2.39. The van der Waals surface area contributed by atoms with Gasteiger partial charge in [-0.3, -0.25) is 4.79 Å². The molecule has 0 aliphatic heterocycles. The van der Waals surface area contributed by atoms with Gasteiger partial charge in [-0.05, 0) is 30.2 Å². The molecule has 0 spiro atoms. The van der Waals surface area contributed by atoms with Gasteiger partial charge in [0.15, 0.2) is 5.78 Å². The fraction of sp³-hybridized carbons (Fsp3) is 0.357. The summed E-state index contributed by atoms with van der Waals surface area (Å²) in [4.78, 5) is 11.4. The molecular weight excluding hydrogens is 219 g/mol. The van der Waals surface area contributed by atoms with Crippen molar-refractivity contribution < 1.29 is 14.3 Å². The van der Waals surface area contributed by atoms with E-state index in [1.807, 2.05) is 6.92 Å². The number of aliphatic hydroxyl groups is 1. The number of carbonyl (C=O) groups is 1. The van der Waals surface area contributed by atoms with Crippen LogP contribution in [0.5, 0.6) is 0 Å². The van der Waals surface area contributed by atoms with Crippen molar-refractivity contribution in [3.05, 3.63) is 41.7 Å². The number of carbonyl (C=O) groups excluding carboxylic acids is 1. The molecule has 2 nitrogen and oxygen atoms in total. The number of hydrogen-bond donors (Lipinski definition) is 1. The number of ketones is 1. The summed E-state index contributed by atoms with van der Waals surface area (Å²) in [5.41, 5.74) is 0.768. The van der Waals surface area contributed by atoms with E-state index in [1.54, 1.807) is 18.2 Å². The van der Waals surface area contributed by atoms with Gasteiger partial charge in [0.25, 0.3) is 0 Å². The summed E-state index contributed by atoms with van der Waals surface area (Å²) in [5, 5.41) is 9.45. The van der Waals surface area contributed by atoms with Crippen molar-refractivity contribution in [1.29, 1.82) is 0 Å². The molecule has 0 bridgehead atoms. The van der Waals surface area contributed by atoms with Crippen molar-refractivity contribution >= 4 is 11.9 Å². The highest BCUT2D eigenvalue weighted by atomic mass is 19.1. The molecule has 0 heterocycles. The first-order chi connectivity index (χ1) is 8.11. The Hall–Kier alpha value is -1.48. The molecule has 1 unspecified atom stereocenters. The van der Waals surface area contributed by atoms with E-state index in [2.05, 4.69) is 0 Å². The van der Waals surface area contributed by atoms with Gasteiger partial charge in [0, 0.05) is 6.42 Å². The lowest BCUT2D eigenvalue weighted by molar-refractivity contribution is -0.116. The van der Waals surface area contributed by atoms with E-state index < -0.39 is 6.10 Å². The maximum absolute atomic E-state index is 12.6. The SMILES string of the molecule is CCCC(O)CC(=O)/C=C/c1ccc(F)cc1. The van der Waals surface area contributed by atoms with E-state index in [0.29, 0.717) is 6.42 Å². The Morgan fingerprint density at radius 3 is 2.65 bits per heavy atom. The minimum absolute atomic E-state index is 0.115. The summed E-state index contributed by atoms with van der Waals surface area (Å²) in [6, 6.07) is 5.88. The van der Waals surface area contributed by atoms with E-state index in [0.717, 1.165) is 12.0 Å². The monoisotopic (exact) mass is 236 g/mol. The molecular formula is C14H17FO2. The molecule has 0 aliphatic rings. The van der Waals surface area contributed by atoms with Crippen LogP contribution in [0.25, 0.3) is 6.08 Å². The Morgan fingerprint density at radius 1 is 1.41 bits per heavy atom. The predicted octanol–water partition coefficient (Wildman–Crippen LogP) is 2.96. The van der Waals surface area contributed by atoms with Crippen LogP contribution in [-0.4, -0.2) is 17.0 Å². The van der Waals surface area contributed by atoms with E-state index in [4.69, 9.17) is 0 Å². The second-order valence-electron chi connectivity index (χ2n) is 4.00. The number of halogens is 1. The quantitative estimate of drug-likeness (QED) is 0.771. The van der Waals surface area contributed by atoms with Crippen molar-refractivity contribution in [2.24, 2.45) is 0 Å². The van der Waals surface area contributed by atoms with Crippen LogP contribution in [0.1, 0.15) is 31.7 Å². The number of aliphatic hydroxyl groups excluding tert-OH is 1. The highest BCUT2D eigenvalue weighted by molar-refractivity contribution is 5.93. The first kappa shape index (κ1) is 13.6. The van der Waals surface area contributed by atoms with Crippen LogP contribution >= 0.6 is 0 Å².